The third-order valence-electron chi connectivity index (χ3n) is 7.32. The first-order valence-electron chi connectivity index (χ1n) is 10.2. The Labute approximate surface area is 196 Å². The zero-order valence-electron chi connectivity index (χ0n) is 19.0. The third-order valence-corrected chi connectivity index (χ3v) is 17.7. The first-order valence-corrected chi connectivity index (χ1v) is 14.9. The van der Waals surface area contributed by atoms with Crippen LogP contribution in [0.4, 0.5) is 13.2 Å². The van der Waals surface area contributed by atoms with Crippen LogP contribution in [0.25, 0.3) is 0 Å². The predicted molar refractivity (Wildman–Crippen MR) is 121 cm³/mol. The monoisotopic (exact) mass is 502 g/mol. The summed E-state index contributed by atoms with van der Waals surface area (Å²) in [5, 5.41) is 0. The van der Waals surface area contributed by atoms with E-state index < -0.39 is 29.6 Å². The van der Waals surface area contributed by atoms with Crippen LogP contribution in [0.5, 0.6) is 0 Å². The summed E-state index contributed by atoms with van der Waals surface area (Å²) in [7, 11) is 1.90. The van der Waals surface area contributed by atoms with E-state index in [0.29, 0.717) is 15.0 Å². The SMILES string of the molecule is CC1=C(C)C([SiH3])[C]([Ti+]([C]2=C(C)C(C)=C(C)C2[SiH3])[c]2ccccc2C(F)(F)F)=C1C.[Cl-]. The van der Waals surface area contributed by atoms with Gasteiger partial charge in [0.15, 0.2) is 0 Å². The number of allylic oxidation sites excluding steroid dienone is 8. The number of rotatable bonds is 3. The van der Waals surface area contributed by atoms with Gasteiger partial charge in [-0.2, -0.15) is 0 Å². The van der Waals surface area contributed by atoms with Crippen LogP contribution in [0.2, 0.25) is 11.1 Å². The molecule has 2 aliphatic carbocycles. The quantitative estimate of drug-likeness (QED) is 0.550. The van der Waals surface area contributed by atoms with E-state index in [1.165, 1.54) is 53.3 Å². The van der Waals surface area contributed by atoms with Crippen LogP contribution in [0.3, 0.4) is 0 Å². The number of benzene rings is 1. The molecule has 7 heteroatoms. The van der Waals surface area contributed by atoms with Crippen molar-refractivity contribution in [2.24, 2.45) is 0 Å². The summed E-state index contributed by atoms with van der Waals surface area (Å²) < 4.78 is 45.6. The molecule has 0 aliphatic heterocycles. The summed E-state index contributed by atoms with van der Waals surface area (Å²) in [5.41, 5.74) is 8.21. The standard InChI is InChI=1S/2C8H13Si.C7H4F3.ClH.Ti/c2*1-5-4-8(9)7(3)6(5)2;8-7(9,10)6-4-2-1-3-5-6;;/h2*8H,1-3,9H3;1-4H;1H;/q;;;;+1/p-1. The molecular formula is C23H30ClF3Si2Ti. The Balaban J connectivity index is 0.00000320. The Kier molecular flexibility index (Phi) is 7.79. The minimum atomic E-state index is -4.31. The largest absolute Gasteiger partial charge is 1.00 e. The van der Waals surface area contributed by atoms with Crippen LogP contribution in [0.1, 0.15) is 47.1 Å². The van der Waals surface area contributed by atoms with Crippen molar-refractivity contribution in [3.63, 3.8) is 0 Å². The van der Waals surface area contributed by atoms with Crippen LogP contribution in [0.15, 0.2) is 65.5 Å². The summed E-state index contributed by atoms with van der Waals surface area (Å²) in [6.07, 6.45) is -4.31. The average molecular weight is 503 g/mol. The van der Waals surface area contributed by atoms with Crippen molar-refractivity contribution in [3.05, 3.63) is 71.0 Å². The smallest absolute Gasteiger partial charge is 1.00 e. The Bertz CT molecular complexity index is 950. The second-order valence-corrected chi connectivity index (χ2v) is 14.6. The predicted octanol–water partition coefficient (Wildman–Crippen LogP) is 1.51. The summed E-state index contributed by atoms with van der Waals surface area (Å²) in [5.74, 6) is 0. The topological polar surface area (TPSA) is 0 Å². The van der Waals surface area contributed by atoms with Gasteiger partial charge in [-0.25, -0.2) is 0 Å². The molecule has 0 N–H and O–H groups in total. The van der Waals surface area contributed by atoms with Crippen molar-refractivity contribution in [2.75, 3.05) is 0 Å². The van der Waals surface area contributed by atoms with Gasteiger partial charge in [0.1, 0.15) is 0 Å². The molecule has 30 heavy (non-hydrogen) atoms. The fraction of sp³-hybridized carbons (Fsp3) is 0.391. The van der Waals surface area contributed by atoms with Gasteiger partial charge in [-0.05, 0) is 0 Å². The Morgan fingerprint density at radius 2 is 1.13 bits per heavy atom. The van der Waals surface area contributed by atoms with Crippen LogP contribution >= 0.6 is 0 Å². The third kappa shape index (κ3) is 4.08. The van der Waals surface area contributed by atoms with Gasteiger partial charge in [-0.15, -0.1) is 0 Å². The number of halogens is 4. The minimum Gasteiger partial charge on any atom is -1.00 e. The Morgan fingerprint density at radius 1 is 0.733 bits per heavy atom. The molecule has 2 atom stereocenters. The van der Waals surface area contributed by atoms with Crippen molar-refractivity contribution < 1.29 is 43.4 Å². The summed E-state index contributed by atoms with van der Waals surface area (Å²) in [6, 6.07) is 6.42. The molecule has 1 aromatic rings. The zero-order chi connectivity index (χ0) is 21.8. The molecule has 0 saturated heterocycles. The summed E-state index contributed by atoms with van der Waals surface area (Å²) in [6.45, 7) is 13.0. The molecule has 2 unspecified atom stereocenters. The maximum atomic E-state index is 14.1. The van der Waals surface area contributed by atoms with Crippen LogP contribution in [-0.2, 0) is 24.0 Å². The van der Waals surface area contributed by atoms with E-state index in [1.54, 1.807) is 12.1 Å². The number of alkyl halides is 3. The van der Waals surface area contributed by atoms with Gasteiger partial charge < -0.3 is 12.4 Å². The van der Waals surface area contributed by atoms with E-state index in [4.69, 9.17) is 0 Å². The molecule has 2 aliphatic rings. The van der Waals surface area contributed by atoms with Crippen molar-refractivity contribution in [2.45, 2.75) is 58.8 Å². The molecule has 0 saturated carbocycles. The second kappa shape index (κ2) is 9.11. The van der Waals surface area contributed by atoms with Gasteiger partial charge in [-0.1, -0.05) is 0 Å². The van der Waals surface area contributed by atoms with E-state index in [9.17, 15) is 13.2 Å². The van der Waals surface area contributed by atoms with Crippen LogP contribution in [-0.4, -0.2) is 20.5 Å². The van der Waals surface area contributed by atoms with Crippen molar-refractivity contribution in [1.29, 1.82) is 0 Å². The molecule has 3 rings (SSSR count). The first-order chi connectivity index (χ1) is 13.4. The van der Waals surface area contributed by atoms with E-state index in [-0.39, 0.29) is 12.4 Å². The average Bonchev–Trinajstić information content (AvgIpc) is 2.97. The fourth-order valence-corrected chi connectivity index (χ4v) is 15.4. The number of hydrogen-bond donors (Lipinski definition) is 0. The Hall–Kier alpha value is -0.592. The molecule has 0 spiro atoms. The van der Waals surface area contributed by atoms with Gasteiger partial charge in [0.25, 0.3) is 0 Å². The van der Waals surface area contributed by atoms with Gasteiger partial charge in [0.2, 0.25) is 0 Å². The maximum absolute atomic E-state index is 14.1. The Morgan fingerprint density at radius 3 is 1.47 bits per heavy atom. The van der Waals surface area contributed by atoms with Crippen molar-refractivity contribution >= 4 is 24.4 Å². The first kappa shape index (κ1) is 25.7. The molecule has 0 fully saturated rings. The molecule has 162 valence electrons. The fourth-order valence-electron chi connectivity index (χ4n) is 4.92. The minimum absolute atomic E-state index is 0. The van der Waals surface area contributed by atoms with E-state index in [2.05, 4.69) is 41.5 Å². The molecule has 0 aromatic heterocycles. The van der Waals surface area contributed by atoms with E-state index in [1.807, 2.05) is 0 Å². The van der Waals surface area contributed by atoms with E-state index in [0.717, 1.165) is 20.5 Å². The van der Waals surface area contributed by atoms with Crippen molar-refractivity contribution in [3.8, 4) is 0 Å². The molecule has 0 amide bonds. The molecule has 1 aromatic carbocycles. The zero-order valence-corrected chi connectivity index (χ0v) is 25.3. The maximum Gasteiger partial charge on any atom is -1.00 e. The van der Waals surface area contributed by atoms with Gasteiger partial charge in [0.05, 0.1) is 0 Å². The molecule has 0 bridgehead atoms. The summed E-state index contributed by atoms with van der Waals surface area (Å²) >= 11 is -2.58. The normalized spacial score (nSPS) is 22.6. The molecule has 0 nitrogen and oxygen atoms in total. The number of hydrogen-bond acceptors (Lipinski definition) is 0. The second-order valence-electron chi connectivity index (χ2n) is 8.56. The van der Waals surface area contributed by atoms with Crippen LogP contribution in [0, 0.1) is 0 Å². The molecule has 0 radical (unpaired) electrons. The molecule has 0 heterocycles. The van der Waals surface area contributed by atoms with Gasteiger partial charge in [0, 0.05) is 0 Å². The van der Waals surface area contributed by atoms with E-state index >= 15 is 0 Å². The molecular weight excluding hydrogens is 473 g/mol. The van der Waals surface area contributed by atoms with Crippen molar-refractivity contribution in [1.82, 2.24) is 0 Å². The van der Waals surface area contributed by atoms with Crippen LogP contribution < -0.4 is 16.3 Å². The summed E-state index contributed by atoms with van der Waals surface area (Å²) in [4.78, 5) is 0. The van der Waals surface area contributed by atoms with Gasteiger partial charge >= 0.3 is 185 Å². The van der Waals surface area contributed by atoms with Gasteiger partial charge in [-0.3, -0.25) is 0 Å².